The molecule has 5 nitrogen and oxygen atoms in total. The Morgan fingerprint density at radius 3 is 2.56 bits per heavy atom. The fourth-order valence-electron chi connectivity index (χ4n) is 1.70. The van der Waals surface area contributed by atoms with Gasteiger partial charge >= 0.3 is 0 Å². The highest BCUT2D eigenvalue weighted by Gasteiger charge is 2.18. The highest BCUT2D eigenvalue weighted by Crippen LogP contribution is 2.22. The lowest BCUT2D eigenvalue weighted by molar-refractivity contribution is 0.202. The van der Waals surface area contributed by atoms with Crippen LogP contribution in [0.25, 0.3) is 0 Å². The molecule has 0 spiro atoms. The quantitative estimate of drug-likeness (QED) is 0.792. The SMILES string of the molecule is CCC(CC)N(CCOC)c1nc(N)ns1. The van der Waals surface area contributed by atoms with Crippen LogP contribution in [0.2, 0.25) is 0 Å². The van der Waals surface area contributed by atoms with Gasteiger partial charge in [-0.3, -0.25) is 0 Å². The molecule has 2 N–H and O–H groups in total. The highest BCUT2D eigenvalue weighted by molar-refractivity contribution is 7.09. The number of anilines is 2. The molecule has 0 radical (unpaired) electrons. The van der Waals surface area contributed by atoms with Crippen molar-refractivity contribution >= 4 is 22.6 Å². The predicted molar refractivity (Wildman–Crippen MR) is 67.9 cm³/mol. The average Bonchev–Trinajstić information content (AvgIpc) is 2.71. The van der Waals surface area contributed by atoms with Crippen LogP contribution < -0.4 is 10.6 Å². The molecule has 1 rings (SSSR count). The number of ether oxygens (including phenoxy) is 1. The van der Waals surface area contributed by atoms with Gasteiger partial charge in [-0.05, 0) is 12.8 Å². The van der Waals surface area contributed by atoms with E-state index in [0.29, 0.717) is 18.6 Å². The van der Waals surface area contributed by atoms with Gasteiger partial charge in [0.1, 0.15) is 0 Å². The van der Waals surface area contributed by atoms with Crippen molar-refractivity contribution in [2.75, 3.05) is 30.9 Å². The highest BCUT2D eigenvalue weighted by atomic mass is 32.1. The van der Waals surface area contributed by atoms with Crippen molar-refractivity contribution in [3.8, 4) is 0 Å². The molecule has 0 saturated carbocycles. The fraction of sp³-hybridized carbons (Fsp3) is 0.800. The van der Waals surface area contributed by atoms with Crippen LogP contribution in [0.3, 0.4) is 0 Å². The Labute approximate surface area is 101 Å². The third-order valence-corrected chi connectivity index (χ3v) is 3.36. The van der Waals surface area contributed by atoms with Crippen molar-refractivity contribution in [2.45, 2.75) is 32.7 Å². The van der Waals surface area contributed by atoms with Gasteiger partial charge < -0.3 is 15.4 Å². The van der Waals surface area contributed by atoms with Crippen LogP contribution in [0.4, 0.5) is 11.1 Å². The fourth-order valence-corrected chi connectivity index (χ4v) is 2.39. The maximum absolute atomic E-state index is 5.56. The van der Waals surface area contributed by atoms with E-state index in [4.69, 9.17) is 10.5 Å². The Balaban J connectivity index is 2.77. The molecule has 0 aliphatic rings. The molecule has 0 bridgehead atoms. The molecule has 0 atom stereocenters. The van der Waals surface area contributed by atoms with Crippen molar-refractivity contribution in [1.29, 1.82) is 0 Å². The zero-order chi connectivity index (χ0) is 12.0. The van der Waals surface area contributed by atoms with Gasteiger partial charge in [-0.15, -0.1) is 0 Å². The topological polar surface area (TPSA) is 64.3 Å². The van der Waals surface area contributed by atoms with Crippen molar-refractivity contribution < 1.29 is 4.74 Å². The van der Waals surface area contributed by atoms with E-state index in [-0.39, 0.29) is 0 Å². The van der Waals surface area contributed by atoms with E-state index in [0.717, 1.165) is 24.5 Å². The van der Waals surface area contributed by atoms with Gasteiger partial charge in [0.2, 0.25) is 11.1 Å². The first-order valence-corrected chi connectivity index (χ1v) is 6.35. The summed E-state index contributed by atoms with van der Waals surface area (Å²) in [6, 6.07) is 0.475. The van der Waals surface area contributed by atoms with Crippen molar-refractivity contribution in [3.63, 3.8) is 0 Å². The van der Waals surface area contributed by atoms with E-state index in [1.54, 1.807) is 7.11 Å². The van der Waals surface area contributed by atoms with Crippen LogP contribution in [0.1, 0.15) is 26.7 Å². The van der Waals surface area contributed by atoms with Gasteiger partial charge in [0.05, 0.1) is 6.61 Å². The lowest BCUT2D eigenvalue weighted by atomic mass is 10.1. The second-order valence-corrected chi connectivity index (χ2v) is 4.32. The largest absolute Gasteiger partial charge is 0.383 e. The Bertz CT molecular complexity index is 301. The Morgan fingerprint density at radius 1 is 1.44 bits per heavy atom. The van der Waals surface area contributed by atoms with Gasteiger partial charge in [-0.2, -0.15) is 9.36 Å². The van der Waals surface area contributed by atoms with Crippen molar-refractivity contribution in [1.82, 2.24) is 9.36 Å². The van der Waals surface area contributed by atoms with Gasteiger partial charge in [0, 0.05) is 31.2 Å². The van der Waals surface area contributed by atoms with Gasteiger partial charge in [0.15, 0.2) is 0 Å². The summed E-state index contributed by atoms with van der Waals surface area (Å²) in [6.07, 6.45) is 2.17. The maximum Gasteiger partial charge on any atom is 0.233 e. The summed E-state index contributed by atoms with van der Waals surface area (Å²) in [6.45, 7) is 5.88. The first-order valence-electron chi connectivity index (χ1n) is 5.57. The maximum atomic E-state index is 5.56. The van der Waals surface area contributed by atoms with E-state index in [2.05, 4.69) is 28.1 Å². The minimum Gasteiger partial charge on any atom is -0.383 e. The molecule has 1 heterocycles. The normalized spacial score (nSPS) is 11.0. The molecule has 0 unspecified atom stereocenters. The summed E-state index contributed by atoms with van der Waals surface area (Å²) in [7, 11) is 1.71. The number of methoxy groups -OCH3 is 1. The summed E-state index contributed by atoms with van der Waals surface area (Å²) in [5.41, 5.74) is 5.56. The van der Waals surface area contributed by atoms with E-state index < -0.39 is 0 Å². The lowest BCUT2D eigenvalue weighted by Gasteiger charge is -2.29. The third-order valence-electron chi connectivity index (χ3n) is 2.60. The molecule has 0 aliphatic heterocycles. The molecule has 0 aliphatic carbocycles. The van der Waals surface area contributed by atoms with Crippen molar-refractivity contribution in [3.05, 3.63) is 0 Å². The second kappa shape index (κ2) is 6.65. The molecular formula is C10H20N4OS. The minimum atomic E-state index is 0.355. The van der Waals surface area contributed by atoms with Gasteiger partial charge in [0.25, 0.3) is 0 Å². The first-order chi connectivity index (χ1) is 7.72. The number of nitrogen functional groups attached to an aromatic ring is 1. The summed E-state index contributed by atoms with van der Waals surface area (Å²) in [4.78, 5) is 6.47. The van der Waals surface area contributed by atoms with Gasteiger partial charge in [-0.1, -0.05) is 13.8 Å². The van der Waals surface area contributed by atoms with Crippen LogP contribution >= 0.6 is 11.5 Å². The van der Waals surface area contributed by atoms with Crippen LogP contribution in [-0.4, -0.2) is 35.7 Å². The number of nitrogens with two attached hydrogens (primary N) is 1. The Kier molecular flexibility index (Phi) is 5.48. The number of hydrogen-bond donors (Lipinski definition) is 1. The molecule has 0 fully saturated rings. The Morgan fingerprint density at radius 2 is 2.12 bits per heavy atom. The predicted octanol–water partition coefficient (Wildman–Crippen LogP) is 1.76. The minimum absolute atomic E-state index is 0.355. The average molecular weight is 244 g/mol. The molecular weight excluding hydrogens is 224 g/mol. The Hall–Kier alpha value is -0.880. The van der Waals surface area contributed by atoms with E-state index in [9.17, 15) is 0 Å². The number of nitrogens with zero attached hydrogens (tertiary/aromatic N) is 3. The van der Waals surface area contributed by atoms with Crippen LogP contribution in [0.15, 0.2) is 0 Å². The van der Waals surface area contributed by atoms with Crippen LogP contribution in [-0.2, 0) is 4.74 Å². The van der Waals surface area contributed by atoms with Crippen molar-refractivity contribution in [2.24, 2.45) is 0 Å². The lowest BCUT2D eigenvalue weighted by Crippen LogP contribution is -2.37. The summed E-state index contributed by atoms with van der Waals surface area (Å²) < 4.78 is 9.15. The molecule has 6 heteroatoms. The number of rotatable bonds is 7. The molecule has 0 amide bonds. The number of aromatic nitrogens is 2. The molecule has 92 valence electrons. The van der Waals surface area contributed by atoms with E-state index >= 15 is 0 Å². The number of hydrogen-bond acceptors (Lipinski definition) is 6. The smallest absolute Gasteiger partial charge is 0.233 e. The van der Waals surface area contributed by atoms with Crippen LogP contribution in [0, 0.1) is 0 Å². The summed E-state index contributed by atoms with van der Waals surface area (Å²) >= 11 is 1.35. The molecule has 0 saturated heterocycles. The zero-order valence-corrected chi connectivity index (χ0v) is 11.0. The molecule has 0 aromatic carbocycles. The second-order valence-electron chi connectivity index (χ2n) is 3.59. The standard InChI is InChI=1S/C10H20N4OS/c1-4-8(5-2)14(6-7-15-3)10-12-9(11)13-16-10/h8H,4-7H2,1-3H3,(H2,11,13). The van der Waals surface area contributed by atoms with Gasteiger partial charge in [-0.25, -0.2) is 0 Å². The van der Waals surface area contributed by atoms with Crippen LogP contribution in [0.5, 0.6) is 0 Å². The first kappa shape index (κ1) is 13.2. The molecule has 1 aromatic heterocycles. The molecule has 1 aromatic rings. The van der Waals surface area contributed by atoms with E-state index in [1.807, 2.05) is 0 Å². The monoisotopic (exact) mass is 244 g/mol. The van der Waals surface area contributed by atoms with E-state index in [1.165, 1.54) is 11.5 Å². The summed E-state index contributed by atoms with van der Waals surface area (Å²) in [5, 5.41) is 0.892. The molecule has 16 heavy (non-hydrogen) atoms. The summed E-state index contributed by atoms with van der Waals surface area (Å²) in [5.74, 6) is 0.355. The zero-order valence-electron chi connectivity index (χ0n) is 10.1. The third kappa shape index (κ3) is 3.31.